The summed E-state index contributed by atoms with van der Waals surface area (Å²) in [6.07, 6.45) is 4.78. The molecule has 2 aromatic carbocycles. The zero-order valence-electron chi connectivity index (χ0n) is 13.9. The molecule has 1 aromatic heterocycles. The SMILES string of the molecule is COc1ccc2c(-c3ccc(C(=O)O)c(C4CCC4)c3)ncnc2c1. The molecule has 0 spiro atoms. The molecule has 0 saturated heterocycles. The summed E-state index contributed by atoms with van der Waals surface area (Å²) >= 11 is 0. The highest BCUT2D eigenvalue weighted by Crippen LogP contribution is 2.40. The maximum absolute atomic E-state index is 11.6. The third-order valence-corrected chi connectivity index (χ3v) is 4.94. The summed E-state index contributed by atoms with van der Waals surface area (Å²) in [7, 11) is 1.62. The van der Waals surface area contributed by atoms with E-state index in [1.165, 1.54) is 6.33 Å². The molecule has 0 unspecified atom stereocenters. The highest BCUT2D eigenvalue weighted by molar-refractivity contribution is 5.95. The van der Waals surface area contributed by atoms with Crippen LogP contribution in [0.3, 0.4) is 0 Å². The number of hydrogen-bond acceptors (Lipinski definition) is 4. The van der Waals surface area contributed by atoms with Crippen molar-refractivity contribution in [3.63, 3.8) is 0 Å². The van der Waals surface area contributed by atoms with E-state index in [-0.39, 0.29) is 0 Å². The fourth-order valence-corrected chi connectivity index (χ4v) is 3.36. The van der Waals surface area contributed by atoms with Gasteiger partial charge < -0.3 is 9.84 Å². The van der Waals surface area contributed by atoms with Gasteiger partial charge in [0.1, 0.15) is 12.1 Å². The molecule has 25 heavy (non-hydrogen) atoms. The Hall–Kier alpha value is -2.95. The summed E-state index contributed by atoms with van der Waals surface area (Å²) < 4.78 is 5.26. The van der Waals surface area contributed by atoms with Gasteiger partial charge >= 0.3 is 5.97 Å². The maximum atomic E-state index is 11.6. The molecule has 126 valence electrons. The zero-order valence-corrected chi connectivity index (χ0v) is 13.9. The van der Waals surface area contributed by atoms with Gasteiger partial charge in [0.2, 0.25) is 0 Å². The van der Waals surface area contributed by atoms with Crippen molar-refractivity contribution in [1.82, 2.24) is 9.97 Å². The van der Waals surface area contributed by atoms with Crippen molar-refractivity contribution >= 4 is 16.9 Å². The first-order valence-corrected chi connectivity index (χ1v) is 8.33. The summed E-state index contributed by atoms with van der Waals surface area (Å²) in [5.41, 5.74) is 3.84. The van der Waals surface area contributed by atoms with Gasteiger partial charge in [-0.1, -0.05) is 12.5 Å². The molecule has 1 fully saturated rings. The third-order valence-electron chi connectivity index (χ3n) is 4.94. The van der Waals surface area contributed by atoms with E-state index in [9.17, 15) is 9.90 Å². The summed E-state index contributed by atoms with van der Waals surface area (Å²) in [4.78, 5) is 20.3. The van der Waals surface area contributed by atoms with E-state index in [0.717, 1.165) is 52.7 Å². The average molecular weight is 334 g/mol. The minimum atomic E-state index is -0.870. The van der Waals surface area contributed by atoms with Crippen molar-refractivity contribution in [3.8, 4) is 17.0 Å². The number of hydrogen-bond donors (Lipinski definition) is 1. The molecule has 1 saturated carbocycles. The van der Waals surface area contributed by atoms with E-state index in [0.29, 0.717) is 11.5 Å². The first-order valence-electron chi connectivity index (χ1n) is 8.33. The van der Waals surface area contributed by atoms with E-state index in [1.54, 1.807) is 13.2 Å². The third kappa shape index (κ3) is 2.71. The first kappa shape index (κ1) is 15.6. The Bertz CT molecular complexity index is 964. The highest BCUT2D eigenvalue weighted by atomic mass is 16.5. The molecule has 5 heteroatoms. The van der Waals surface area contributed by atoms with Gasteiger partial charge in [-0.05, 0) is 48.6 Å². The molecule has 0 aliphatic heterocycles. The smallest absolute Gasteiger partial charge is 0.335 e. The number of nitrogens with zero attached hydrogens (tertiary/aromatic N) is 2. The maximum Gasteiger partial charge on any atom is 0.335 e. The molecule has 1 N–H and O–H groups in total. The predicted molar refractivity (Wildman–Crippen MR) is 95.1 cm³/mol. The number of ether oxygens (including phenoxy) is 1. The molecule has 1 aliphatic rings. The quantitative estimate of drug-likeness (QED) is 0.771. The van der Waals surface area contributed by atoms with Gasteiger partial charge in [-0.15, -0.1) is 0 Å². The van der Waals surface area contributed by atoms with Crippen molar-refractivity contribution in [2.45, 2.75) is 25.2 Å². The van der Waals surface area contributed by atoms with Gasteiger partial charge in [0.05, 0.1) is 23.9 Å². The standard InChI is InChI=1S/C20H18N2O3/c1-25-14-6-8-16-18(10-14)21-11-22-19(16)13-5-7-15(20(23)24)17(9-13)12-3-2-4-12/h5-12H,2-4H2,1H3,(H,23,24). The van der Waals surface area contributed by atoms with Crippen LogP contribution in [0.1, 0.15) is 41.1 Å². The second-order valence-electron chi connectivity index (χ2n) is 6.34. The second-order valence-corrected chi connectivity index (χ2v) is 6.34. The Morgan fingerprint density at radius 1 is 1.16 bits per heavy atom. The van der Waals surface area contributed by atoms with Gasteiger partial charge in [0.15, 0.2) is 0 Å². The summed E-state index contributed by atoms with van der Waals surface area (Å²) in [5, 5.41) is 10.4. The number of carboxylic acid groups (broad SMARTS) is 1. The molecule has 3 aromatic rings. The van der Waals surface area contributed by atoms with Crippen molar-refractivity contribution in [2.24, 2.45) is 0 Å². The Morgan fingerprint density at radius 3 is 2.68 bits per heavy atom. The Labute approximate surface area is 145 Å². The fraction of sp³-hybridized carbons (Fsp3) is 0.250. The number of carbonyl (C=O) groups is 1. The first-order chi connectivity index (χ1) is 12.2. The number of methoxy groups -OCH3 is 1. The lowest BCUT2D eigenvalue weighted by molar-refractivity contribution is 0.0694. The summed E-state index contributed by atoms with van der Waals surface area (Å²) in [5.74, 6) is 0.207. The number of rotatable bonds is 4. The van der Waals surface area contributed by atoms with Gasteiger partial charge in [0, 0.05) is 17.0 Å². The van der Waals surface area contributed by atoms with Crippen molar-refractivity contribution in [1.29, 1.82) is 0 Å². The number of aromatic carboxylic acids is 1. The molecule has 5 nitrogen and oxygen atoms in total. The van der Waals surface area contributed by atoms with Crippen LogP contribution in [0.5, 0.6) is 5.75 Å². The van der Waals surface area contributed by atoms with Crippen LogP contribution in [0.15, 0.2) is 42.7 Å². The minimum Gasteiger partial charge on any atom is -0.497 e. The van der Waals surface area contributed by atoms with E-state index in [1.807, 2.05) is 30.3 Å². The molecule has 0 amide bonds. The molecule has 1 aliphatic carbocycles. The lowest BCUT2D eigenvalue weighted by atomic mass is 9.77. The predicted octanol–water partition coefficient (Wildman–Crippen LogP) is 4.27. The Morgan fingerprint density at radius 2 is 2.00 bits per heavy atom. The van der Waals surface area contributed by atoms with Crippen LogP contribution in [0, 0.1) is 0 Å². The Kier molecular flexibility index (Phi) is 3.84. The van der Waals surface area contributed by atoms with Gasteiger partial charge in [-0.25, -0.2) is 14.8 Å². The van der Waals surface area contributed by atoms with Gasteiger partial charge in [-0.2, -0.15) is 0 Å². The zero-order chi connectivity index (χ0) is 17.4. The van der Waals surface area contributed by atoms with Gasteiger partial charge in [-0.3, -0.25) is 0 Å². The lowest BCUT2D eigenvalue weighted by Crippen LogP contribution is -2.14. The number of aromatic nitrogens is 2. The van der Waals surface area contributed by atoms with Crippen LogP contribution in [-0.2, 0) is 0 Å². The van der Waals surface area contributed by atoms with Crippen LogP contribution in [0.25, 0.3) is 22.2 Å². The molecule has 1 heterocycles. The van der Waals surface area contributed by atoms with Crippen molar-refractivity contribution in [3.05, 3.63) is 53.9 Å². The molecular formula is C20H18N2O3. The van der Waals surface area contributed by atoms with E-state index < -0.39 is 5.97 Å². The number of carboxylic acids is 1. The topological polar surface area (TPSA) is 72.3 Å². The average Bonchev–Trinajstić information content (AvgIpc) is 2.59. The lowest BCUT2D eigenvalue weighted by Gasteiger charge is -2.27. The van der Waals surface area contributed by atoms with Crippen molar-refractivity contribution in [2.75, 3.05) is 7.11 Å². The normalized spacial score (nSPS) is 14.3. The molecule has 0 atom stereocenters. The minimum absolute atomic E-state index is 0.333. The fourth-order valence-electron chi connectivity index (χ4n) is 3.36. The summed E-state index contributed by atoms with van der Waals surface area (Å²) in [6.45, 7) is 0. The number of fused-ring (bicyclic) bond motifs is 1. The monoisotopic (exact) mass is 334 g/mol. The highest BCUT2D eigenvalue weighted by Gasteiger charge is 2.25. The van der Waals surface area contributed by atoms with E-state index in [4.69, 9.17) is 4.74 Å². The molecule has 0 bridgehead atoms. The van der Waals surface area contributed by atoms with Crippen LogP contribution >= 0.6 is 0 Å². The summed E-state index contributed by atoms with van der Waals surface area (Å²) in [6, 6.07) is 11.2. The van der Waals surface area contributed by atoms with E-state index >= 15 is 0 Å². The number of benzene rings is 2. The van der Waals surface area contributed by atoms with Crippen molar-refractivity contribution < 1.29 is 14.6 Å². The van der Waals surface area contributed by atoms with Crippen LogP contribution < -0.4 is 4.74 Å². The molecule has 4 rings (SSSR count). The molecular weight excluding hydrogens is 316 g/mol. The van der Waals surface area contributed by atoms with Crippen LogP contribution in [0.4, 0.5) is 0 Å². The second kappa shape index (κ2) is 6.16. The Balaban J connectivity index is 1.87. The molecule has 0 radical (unpaired) electrons. The van der Waals surface area contributed by atoms with Crippen LogP contribution in [0.2, 0.25) is 0 Å². The van der Waals surface area contributed by atoms with Crippen LogP contribution in [-0.4, -0.2) is 28.2 Å². The largest absolute Gasteiger partial charge is 0.497 e. The van der Waals surface area contributed by atoms with Gasteiger partial charge in [0.25, 0.3) is 0 Å². The van der Waals surface area contributed by atoms with E-state index in [2.05, 4.69) is 9.97 Å².